The normalized spacial score (nSPS) is 25.5. The largest absolute Gasteiger partial charge is 0.299 e. The summed E-state index contributed by atoms with van der Waals surface area (Å²) in [5.74, 6) is -2.40. The highest BCUT2D eigenvalue weighted by Gasteiger charge is 2.59. The van der Waals surface area contributed by atoms with Gasteiger partial charge < -0.3 is 0 Å². The van der Waals surface area contributed by atoms with Gasteiger partial charge in [-0.15, -0.1) is 9.35 Å². The number of ketones is 1. The van der Waals surface area contributed by atoms with E-state index in [4.69, 9.17) is 4.28 Å². The average molecular weight is 444 g/mol. The van der Waals surface area contributed by atoms with Crippen molar-refractivity contribution in [2.24, 2.45) is 16.7 Å². The average Bonchev–Trinajstić information content (AvgIpc) is 2.88. The Kier molecular flexibility index (Phi) is 4.86. The van der Waals surface area contributed by atoms with E-state index >= 15 is 0 Å². The number of benzene rings is 2. The van der Waals surface area contributed by atoms with Gasteiger partial charge >= 0.3 is 0 Å². The highest BCUT2D eigenvalue weighted by Crippen LogP contribution is 2.56. The first-order valence-electron chi connectivity index (χ1n) is 10.3. The third-order valence-corrected chi connectivity index (χ3v) is 8.66. The van der Waals surface area contributed by atoms with E-state index in [0.717, 1.165) is 0 Å². The molecule has 8 heteroatoms. The number of hydrogen-bond donors (Lipinski definition) is 0. The molecule has 164 valence electrons. The summed E-state index contributed by atoms with van der Waals surface area (Å²) in [6.07, 6.45) is 0.600. The van der Waals surface area contributed by atoms with E-state index in [1.165, 1.54) is 12.1 Å². The second kappa shape index (κ2) is 6.97. The van der Waals surface area contributed by atoms with Gasteiger partial charge in [-0.25, -0.2) is 0 Å². The van der Waals surface area contributed by atoms with Crippen LogP contribution in [0.15, 0.2) is 36.4 Å². The first-order chi connectivity index (χ1) is 14.4. The standard InChI is InChI=1S/C23H25NO6S/c1-5-23(18(25)12-14(2)22(23,3)4)13-31(28,29)30-24-20(26)16-10-6-8-15-9-7-11-17(19(15)16)21(24)27/h6-11,14H,5,12-13H2,1-4H3. The lowest BCUT2D eigenvalue weighted by molar-refractivity contribution is -0.128. The van der Waals surface area contributed by atoms with Crippen molar-refractivity contribution in [3.63, 3.8) is 0 Å². The summed E-state index contributed by atoms with van der Waals surface area (Å²) in [5.41, 5.74) is -1.34. The van der Waals surface area contributed by atoms with Crippen LogP contribution in [0.25, 0.3) is 10.8 Å². The van der Waals surface area contributed by atoms with Crippen LogP contribution in [0.2, 0.25) is 0 Å². The number of carbonyl (C=O) groups is 3. The number of Topliss-reactive ketones (excluding diaryl/α,β-unsaturated/α-hetero) is 1. The Morgan fingerprint density at radius 3 is 2.03 bits per heavy atom. The quantitative estimate of drug-likeness (QED) is 0.653. The molecular formula is C23H25NO6S. The third kappa shape index (κ3) is 3.03. The molecule has 4 rings (SSSR count). The summed E-state index contributed by atoms with van der Waals surface area (Å²) in [4.78, 5) is 38.8. The zero-order valence-corrected chi connectivity index (χ0v) is 18.8. The van der Waals surface area contributed by atoms with Gasteiger partial charge in [0.25, 0.3) is 21.9 Å². The number of carbonyl (C=O) groups excluding carboxylic acids is 3. The minimum atomic E-state index is -4.44. The van der Waals surface area contributed by atoms with Gasteiger partial charge in [-0.1, -0.05) is 52.0 Å². The summed E-state index contributed by atoms with van der Waals surface area (Å²) in [5, 5.41) is 1.49. The van der Waals surface area contributed by atoms with Crippen molar-refractivity contribution in [1.29, 1.82) is 0 Å². The zero-order chi connectivity index (χ0) is 22.8. The first kappa shape index (κ1) is 21.6. The Bertz CT molecular complexity index is 1180. The summed E-state index contributed by atoms with van der Waals surface area (Å²) in [6.45, 7) is 7.48. The monoisotopic (exact) mass is 443 g/mol. The Morgan fingerprint density at radius 1 is 1.03 bits per heavy atom. The fourth-order valence-corrected chi connectivity index (χ4v) is 6.85. The molecular weight excluding hydrogens is 418 g/mol. The first-order valence-corrected chi connectivity index (χ1v) is 11.9. The SMILES string of the molecule is CCC1(CS(=O)(=O)ON2C(=O)c3cccc4cccc(c34)C2=O)C(=O)CC(C)C1(C)C. The van der Waals surface area contributed by atoms with Gasteiger partial charge in [0.15, 0.2) is 0 Å². The second-order valence-corrected chi connectivity index (χ2v) is 10.6. The molecule has 2 aliphatic rings. The molecule has 1 aliphatic heterocycles. The summed E-state index contributed by atoms with van der Waals surface area (Å²) in [7, 11) is -4.44. The van der Waals surface area contributed by atoms with E-state index in [1.807, 2.05) is 20.8 Å². The summed E-state index contributed by atoms with van der Waals surface area (Å²) in [6, 6.07) is 9.93. The maximum atomic E-state index is 13.1. The molecule has 2 aromatic carbocycles. The molecule has 2 atom stereocenters. The van der Waals surface area contributed by atoms with Crippen molar-refractivity contribution in [1.82, 2.24) is 5.06 Å². The maximum absolute atomic E-state index is 13.1. The van der Waals surface area contributed by atoms with Gasteiger partial charge in [-0.05, 0) is 35.3 Å². The predicted octanol–water partition coefficient (Wildman–Crippen LogP) is 3.73. The van der Waals surface area contributed by atoms with Crippen LogP contribution in [0, 0.1) is 16.7 Å². The minimum Gasteiger partial charge on any atom is -0.299 e. The van der Waals surface area contributed by atoms with Crippen LogP contribution in [0.5, 0.6) is 0 Å². The van der Waals surface area contributed by atoms with E-state index in [9.17, 15) is 22.8 Å². The Labute approximate surface area is 181 Å². The van der Waals surface area contributed by atoms with Crippen LogP contribution in [-0.4, -0.2) is 36.8 Å². The number of rotatable bonds is 5. The van der Waals surface area contributed by atoms with E-state index in [2.05, 4.69) is 0 Å². The zero-order valence-electron chi connectivity index (χ0n) is 18.0. The predicted molar refractivity (Wildman–Crippen MR) is 115 cm³/mol. The van der Waals surface area contributed by atoms with E-state index < -0.39 is 38.5 Å². The van der Waals surface area contributed by atoms with Gasteiger partial charge in [-0.2, -0.15) is 8.42 Å². The van der Waals surface area contributed by atoms with E-state index in [1.54, 1.807) is 31.2 Å². The number of hydrogen-bond acceptors (Lipinski definition) is 6. The van der Waals surface area contributed by atoms with Crippen LogP contribution in [0.3, 0.4) is 0 Å². The lowest BCUT2D eigenvalue weighted by atomic mass is 9.64. The van der Waals surface area contributed by atoms with Crippen LogP contribution in [0.1, 0.15) is 61.3 Å². The fraction of sp³-hybridized carbons (Fsp3) is 0.435. The molecule has 1 aliphatic carbocycles. The molecule has 0 N–H and O–H groups in total. The van der Waals surface area contributed by atoms with Crippen molar-refractivity contribution in [3.05, 3.63) is 47.5 Å². The third-order valence-electron chi connectivity index (χ3n) is 7.44. The Balaban J connectivity index is 1.70. The lowest BCUT2D eigenvalue weighted by Gasteiger charge is -2.41. The van der Waals surface area contributed by atoms with Gasteiger partial charge in [0, 0.05) is 11.8 Å². The fourth-order valence-electron chi connectivity index (χ4n) is 5.10. The molecule has 1 fully saturated rings. The van der Waals surface area contributed by atoms with E-state index in [0.29, 0.717) is 22.3 Å². The summed E-state index contributed by atoms with van der Waals surface area (Å²) < 4.78 is 31.3. The summed E-state index contributed by atoms with van der Waals surface area (Å²) >= 11 is 0. The van der Waals surface area contributed by atoms with E-state index in [-0.39, 0.29) is 29.2 Å². The van der Waals surface area contributed by atoms with Gasteiger partial charge in [0.05, 0.1) is 22.3 Å². The van der Waals surface area contributed by atoms with Gasteiger partial charge in [0.1, 0.15) is 5.78 Å². The lowest BCUT2D eigenvalue weighted by Crippen LogP contribution is -2.48. The van der Waals surface area contributed by atoms with Crippen LogP contribution in [0.4, 0.5) is 0 Å². The van der Waals surface area contributed by atoms with Crippen LogP contribution < -0.4 is 0 Å². The maximum Gasteiger partial charge on any atom is 0.289 e. The molecule has 1 saturated carbocycles. The molecule has 7 nitrogen and oxygen atoms in total. The van der Waals surface area contributed by atoms with Crippen molar-refractivity contribution in [3.8, 4) is 0 Å². The Morgan fingerprint density at radius 2 is 1.58 bits per heavy atom. The van der Waals surface area contributed by atoms with Crippen molar-refractivity contribution < 1.29 is 27.1 Å². The molecule has 2 aromatic rings. The number of nitrogens with zero attached hydrogens (tertiary/aromatic N) is 1. The molecule has 0 bridgehead atoms. The molecule has 0 aromatic heterocycles. The molecule has 0 saturated heterocycles. The number of amides is 2. The molecule has 31 heavy (non-hydrogen) atoms. The molecule has 2 amide bonds. The van der Waals surface area contributed by atoms with Crippen LogP contribution >= 0.6 is 0 Å². The second-order valence-electron chi connectivity index (χ2n) is 9.08. The molecule has 2 unspecified atom stereocenters. The Hall–Kier alpha value is -2.58. The topological polar surface area (TPSA) is 97.8 Å². The van der Waals surface area contributed by atoms with Gasteiger partial charge in [-0.3, -0.25) is 14.4 Å². The molecule has 1 heterocycles. The smallest absolute Gasteiger partial charge is 0.289 e. The number of imide groups is 1. The molecule has 0 radical (unpaired) electrons. The number of hydroxylamine groups is 2. The van der Waals surface area contributed by atoms with Crippen LogP contribution in [-0.2, 0) is 19.2 Å². The van der Waals surface area contributed by atoms with Gasteiger partial charge in [0.2, 0.25) is 0 Å². The van der Waals surface area contributed by atoms with Crippen molar-refractivity contribution in [2.75, 3.05) is 5.75 Å². The minimum absolute atomic E-state index is 0.00196. The highest BCUT2D eigenvalue weighted by atomic mass is 32.2. The highest BCUT2D eigenvalue weighted by molar-refractivity contribution is 7.86. The van der Waals surface area contributed by atoms with Crippen molar-refractivity contribution >= 4 is 38.5 Å². The van der Waals surface area contributed by atoms with Crippen molar-refractivity contribution in [2.45, 2.75) is 40.5 Å². The molecule has 0 spiro atoms.